The quantitative estimate of drug-likeness (QED) is 0.483. The third kappa shape index (κ3) is 6.34. The Bertz CT molecular complexity index is 1190. The lowest BCUT2D eigenvalue weighted by Crippen LogP contribution is -2.46. The topological polar surface area (TPSA) is 71.1 Å². The number of anilines is 1. The molecule has 0 spiro atoms. The van der Waals surface area contributed by atoms with Gasteiger partial charge in [-0.15, -0.1) is 0 Å². The fourth-order valence-electron chi connectivity index (χ4n) is 5.39. The van der Waals surface area contributed by atoms with Gasteiger partial charge in [0.2, 0.25) is 5.91 Å². The summed E-state index contributed by atoms with van der Waals surface area (Å²) < 4.78 is 11.1. The smallest absolute Gasteiger partial charge is 0.408 e. The Morgan fingerprint density at radius 2 is 1.66 bits per heavy atom. The van der Waals surface area contributed by atoms with Crippen molar-refractivity contribution in [1.29, 1.82) is 0 Å². The second-order valence-corrected chi connectivity index (χ2v) is 10.5. The van der Waals surface area contributed by atoms with Gasteiger partial charge in [0.25, 0.3) is 0 Å². The minimum Gasteiger partial charge on any atom is -0.437 e. The predicted molar refractivity (Wildman–Crippen MR) is 151 cm³/mol. The molecule has 0 aromatic heterocycles. The van der Waals surface area contributed by atoms with E-state index in [-0.39, 0.29) is 18.0 Å². The zero-order valence-electron chi connectivity index (χ0n) is 23.0. The number of ether oxygens (including phenoxy) is 2. The number of nitrogens with one attached hydrogen (secondary N) is 1. The van der Waals surface area contributed by atoms with Gasteiger partial charge in [0.1, 0.15) is 6.10 Å². The molecular weight excluding hydrogens is 478 g/mol. The number of hydrogen-bond donors (Lipinski definition) is 1. The standard InChI is InChI=1S/C31H39N3O4/c1-20(2)30(21(3)4)38-31(36)32-28-17-22(5)34(23(6)35)29-12-11-26(18-27(28)29)25-9-7-24(8-10-25)19-33-13-15-37-16-14-33/h7-12,18,22,28,30H,1,3,13-17,19H2,2,4-6H3,(H,32,36). The summed E-state index contributed by atoms with van der Waals surface area (Å²) in [6, 6.07) is 14.3. The fraction of sp³-hybridized carbons (Fsp3) is 0.419. The summed E-state index contributed by atoms with van der Waals surface area (Å²) in [5.74, 6) is -0.0235. The summed E-state index contributed by atoms with van der Waals surface area (Å²) >= 11 is 0. The summed E-state index contributed by atoms with van der Waals surface area (Å²) in [6.45, 7) is 19.4. The van der Waals surface area contributed by atoms with Crippen molar-refractivity contribution in [2.75, 3.05) is 31.2 Å². The second-order valence-electron chi connectivity index (χ2n) is 10.5. The van der Waals surface area contributed by atoms with E-state index < -0.39 is 12.2 Å². The van der Waals surface area contributed by atoms with Gasteiger partial charge >= 0.3 is 6.09 Å². The highest BCUT2D eigenvalue weighted by molar-refractivity contribution is 5.94. The molecule has 2 atom stereocenters. The monoisotopic (exact) mass is 517 g/mol. The van der Waals surface area contributed by atoms with Gasteiger partial charge in [0.15, 0.2) is 0 Å². The number of carbonyl (C=O) groups is 2. The maximum atomic E-state index is 12.9. The predicted octanol–water partition coefficient (Wildman–Crippen LogP) is 5.62. The van der Waals surface area contributed by atoms with Crippen LogP contribution < -0.4 is 10.2 Å². The van der Waals surface area contributed by atoms with Gasteiger partial charge < -0.3 is 19.7 Å². The molecule has 1 saturated heterocycles. The van der Waals surface area contributed by atoms with Crippen LogP contribution in [0.5, 0.6) is 0 Å². The second kappa shape index (κ2) is 12.0. The first kappa shape index (κ1) is 27.6. The Morgan fingerprint density at radius 3 is 2.26 bits per heavy atom. The molecule has 2 unspecified atom stereocenters. The maximum absolute atomic E-state index is 12.9. The van der Waals surface area contributed by atoms with E-state index in [1.807, 2.05) is 32.9 Å². The number of fused-ring (bicyclic) bond motifs is 1. The molecule has 0 bridgehead atoms. The highest BCUT2D eigenvalue weighted by Crippen LogP contribution is 2.40. The first-order valence-corrected chi connectivity index (χ1v) is 13.2. The normalized spacial score (nSPS) is 19.6. The number of hydrogen-bond acceptors (Lipinski definition) is 5. The molecule has 202 valence electrons. The molecule has 2 aliphatic rings. The van der Waals surface area contributed by atoms with E-state index in [1.54, 1.807) is 11.8 Å². The molecule has 2 aromatic rings. The van der Waals surface area contributed by atoms with E-state index in [0.29, 0.717) is 17.6 Å². The van der Waals surface area contributed by atoms with Crippen LogP contribution in [0, 0.1) is 0 Å². The van der Waals surface area contributed by atoms with Crippen LogP contribution in [0.25, 0.3) is 11.1 Å². The van der Waals surface area contributed by atoms with Crippen LogP contribution in [0.4, 0.5) is 10.5 Å². The van der Waals surface area contributed by atoms with Crippen molar-refractivity contribution in [2.24, 2.45) is 0 Å². The first-order valence-electron chi connectivity index (χ1n) is 13.2. The first-order chi connectivity index (χ1) is 18.1. The van der Waals surface area contributed by atoms with Crippen molar-refractivity contribution in [2.45, 2.75) is 58.8 Å². The highest BCUT2D eigenvalue weighted by Gasteiger charge is 2.34. The number of rotatable bonds is 7. The molecule has 0 saturated carbocycles. The third-order valence-electron chi connectivity index (χ3n) is 7.23. The van der Waals surface area contributed by atoms with Crippen molar-refractivity contribution in [3.63, 3.8) is 0 Å². The number of nitrogens with zero attached hydrogens (tertiary/aromatic N) is 2. The maximum Gasteiger partial charge on any atom is 0.408 e. The average molecular weight is 518 g/mol. The molecule has 1 N–H and O–H groups in total. The van der Waals surface area contributed by atoms with Crippen LogP contribution in [0.1, 0.15) is 51.3 Å². The van der Waals surface area contributed by atoms with Crippen LogP contribution in [0.2, 0.25) is 0 Å². The molecule has 0 radical (unpaired) electrons. The van der Waals surface area contributed by atoms with Crippen molar-refractivity contribution in [3.05, 3.63) is 77.9 Å². The van der Waals surface area contributed by atoms with E-state index >= 15 is 0 Å². The minimum atomic E-state index is -0.550. The molecule has 2 heterocycles. The van der Waals surface area contributed by atoms with Crippen LogP contribution in [0.3, 0.4) is 0 Å². The Morgan fingerprint density at radius 1 is 1.03 bits per heavy atom. The van der Waals surface area contributed by atoms with E-state index in [2.05, 4.69) is 53.7 Å². The Kier molecular flexibility index (Phi) is 8.69. The van der Waals surface area contributed by atoms with Crippen LogP contribution >= 0.6 is 0 Å². The van der Waals surface area contributed by atoms with Gasteiger partial charge in [-0.3, -0.25) is 9.69 Å². The van der Waals surface area contributed by atoms with Crippen molar-refractivity contribution >= 4 is 17.7 Å². The summed E-state index contributed by atoms with van der Waals surface area (Å²) in [5.41, 5.74) is 6.51. The van der Waals surface area contributed by atoms with E-state index in [1.165, 1.54) is 5.56 Å². The van der Waals surface area contributed by atoms with Crippen LogP contribution in [-0.4, -0.2) is 55.3 Å². The van der Waals surface area contributed by atoms with Crippen molar-refractivity contribution in [3.8, 4) is 11.1 Å². The Balaban J connectivity index is 1.58. The lowest BCUT2D eigenvalue weighted by molar-refractivity contribution is -0.117. The zero-order chi connectivity index (χ0) is 27.4. The lowest BCUT2D eigenvalue weighted by Gasteiger charge is -2.39. The van der Waals surface area contributed by atoms with Crippen molar-refractivity contribution in [1.82, 2.24) is 10.2 Å². The highest BCUT2D eigenvalue weighted by atomic mass is 16.6. The SMILES string of the molecule is C=C(C)C(OC(=O)NC1CC(C)N(C(C)=O)c2ccc(-c3ccc(CN4CCOCC4)cc3)cc21)C(=C)C. The molecule has 2 amide bonds. The zero-order valence-corrected chi connectivity index (χ0v) is 23.0. The Labute approximate surface area is 226 Å². The molecule has 0 aliphatic carbocycles. The number of alkyl carbamates (subject to hydrolysis) is 1. The molecule has 4 rings (SSSR count). The number of morpholine rings is 1. The number of benzene rings is 2. The van der Waals surface area contributed by atoms with Gasteiger partial charge in [-0.25, -0.2) is 4.79 Å². The fourth-order valence-corrected chi connectivity index (χ4v) is 5.39. The molecule has 2 aliphatic heterocycles. The van der Waals surface area contributed by atoms with Crippen molar-refractivity contribution < 1.29 is 19.1 Å². The van der Waals surface area contributed by atoms with Gasteiger partial charge in [-0.05, 0) is 72.7 Å². The van der Waals surface area contributed by atoms with Gasteiger partial charge in [0, 0.05) is 38.3 Å². The average Bonchev–Trinajstić information content (AvgIpc) is 2.87. The number of carbonyl (C=O) groups excluding carboxylic acids is 2. The summed E-state index contributed by atoms with van der Waals surface area (Å²) in [4.78, 5) is 29.6. The molecule has 1 fully saturated rings. The summed E-state index contributed by atoms with van der Waals surface area (Å²) in [5, 5.41) is 3.04. The minimum absolute atomic E-state index is 0.0235. The number of amides is 2. The summed E-state index contributed by atoms with van der Waals surface area (Å²) in [6.07, 6.45) is -0.501. The molecule has 38 heavy (non-hydrogen) atoms. The van der Waals surface area contributed by atoms with Crippen LogP contribution in [0.15, 0.2) is 66.8 Å². The molecule has 7 nitrogen and oxygen atoms in total. The van der Waals surface area contributed by atoms with E-state index in [9.17, 15) is 9.59 Å². The lowest BCUT2D eigenvalue weighted by atomic mass is 9.89. The Hall–Kier alpha value is -3.42. The van der Waals surface area contributed by atoms with Gasteiger partial charge in [0.05, 0.1) is 19.3 Å². The van der Waals surface area contributed by atoms with E-state index in [0.717, 1.165) is 55.2 Å². The molecule has 7 heteroatoms. The third-order valence-corrected chi connectivity index (χ3v) is 7.23. The molecular formula is C31H39N3O4. The van der Waals surface area contributed by atoms with Crippen LogP contribution in [-0.2, 0) is 20.8 Å². The van der Waals surface area contributed by atoms with E-state index in [4.69, 9.17) is 9.47 Å². The van der Waals surface area contributed by atoms with Gasteiger partial charge in [-0.1, -0.05) is 43.5 Å². The molecule has 2 aromatic carbocycles. The summed E-state index contributed by atoms with van der Waals surface area (Å²) in [7, 11) is 0. The van der Waals surface area contributed by atoms with Gasteiger partial charge in [-0.2, -0.15) is 0 Å². The largest absolute Gasteiger partial charge is 0.437 e.